The lowest BCUT2D eigenvalue weighted by molar-refractivity contribution is -0.116. The number of rotatable bonds is 13. The fourth-order valence-electron chi connectivity index (χ4n) is 8.03. The number of hydrogen-bond donors (Lipinski definition) is 4. The summed E-state index contributed by atoms with van der Waals surface area (Å²) in [5, 5.41) is 12.8. The zero-order chi connectivity index (χ0) is 46.3. The highest BCUT2D eigenvalue weighted by Gasteiger charge is 2.34. The van der Waals surface area contributed by atoms with Gasteiger partial charge in [-0.2, -0.15) is 0 Å². The average Bonchev–Trinajstić information content (AvgIpc) is 4.08. The molecule has 4 N–H and O–H groups in total. The summed E-state index contributed by atoms with van der Waals surface area (Å²) in [6.45, 7) is 10.9. The van der Waals surface area contributed by atoms with Gasteiger partial charge in [-0.3, -0.25) is 33.5 Å². The van der Waals surface area contributed by atoms with E-state index in [1.807, 2.05) is 24.3 Å². The van der Waals surface area contributed by atoms with E-state index in [9.17, 15) is 24.0 Å². The van der Waals surface area contributed by atoms with Crippen molar-refractivity contribution in [1.29, 1.82) is 0 Å². The summed E-state index contributed by atoms with van der Waals surface area (Å²) < 4.78 is 17.8. The number of hydrogen-bond acceptors (Lipinski definition) is 10. The van der Waals surface area contributed by atoms with Gasteiger partial charge < -0.3 is 49.3 Å². The molecule has 2 aliphatic heterocycles. The van der Waals surface area contributed by atoms with Crippen molar-refractivity contribution in [2.75, 3.05) is 41.5 Å². The maximum Gasteiger partial charge on any atom is 0.291 e. The number of nitrogens with one attached hydrogen (secondary N) is 4. The van der Waals surface area contributed by atoms with Crippen LogP contribution >= 0.6 is 0 Å². The molecule has 0 unspecified atom stereocenters. The number of imidazole rings is 1. The predicted octanol–water partition coefficient (Wildman–Crippen LogP) is 6.75. The molecular formula is C47H51N11O7. The highest BCUT2D eigenvalue weighted by atomic mass is 16.5. The lowest BCUT2D eigenvalue weighted by Gasteiger charge is -2.22. The van der Waals surface area contributed by atoms with Gasteiger partial charge in [-0.25, -0.2) is 4.98 Å². The third kappa shape index (κ3) is 9.13. The molecule has 18 heteroatoms. The van der Waals surface area contributed by atoms with Crippen LogP contribution in [0.15, 0.2) is 90.5 Å². The molecule has 65 heavy (non-hydrogen) atoms. The fraction of sp³-hybridized carbons (Fsp3) is 0.298. The lowest BCUT2D eigenvalue weighted by atomic mass is 10.1. The van der Waals surface area contributed by atoms with E-state index in [1.165, 1.54) is 23.9 Å². The minimum Gasteiger partial charge on any atom is -0.493 e. The van der Waals surface area contributed by atoms with Crippen molar-refractivity contribution >= 4 is 75.2 Å². The Morgan fingerprint density at radius 1 is 0.877 bits per heavy atom. The van der Waals surface area contributed by atoms with E-state index in [0.717, 1.165) is 22.2 Å². The monoisotopic (exact) mass is 881 g/mol. The summed E-state index contributed by atoms with van der Waals surface area (Å²) in [5.41, 5.74) is 4.77. The number of carbonyl (C=O) groups excluding carboxylic acids is 5. The van der Waals surface area contributed by atoms with E-state index in [0.29, 0.717) is 59.2 Å². The number of amides is 4. The molecule has 0 radical (unpaired) electrons. The number of methoxy groups -OCH3 is 1. The molecule has 4 amide bonds. The molecule has 18 nitrogen and oxygen atoms in total. The van der Waals surface area contributed by atoms with Crippen molar-refractivity contribution in [2.24, 2.45) is 26.1 Å². The SMILES string of the molecule is C=C1C[C@H]2C=Nc3cc(OCCCC(=O)Nc4cn(C)c(C(=O)Nc5cc(C(=O)Nc6cc(C(=O)n7ccc8c(NC(C)(C)C)cccc87)n(C)c6)n(C)c5)n4)c(OC)cc3C(=O)N2C1. The molecule has 4 aromatic heterocycles. The smallest absolute Gasteiger partial charge is 0.291 e. The molecule has 0 bridgehead atoms. The summed E-state index contributed by atoms with van der Waals surface area (Å²) in [6.07, 6.45) is 9.40. The van der Waals surface area contributed by atoms with Crippen molar-refractivity contribution in [3.63, 3.8) is 0 Å². The Hall–Kier alpha value is -7.89. The predicted molar refractivity (Wildman–Crippen MR) is 248 cm³/mol. The molecule has 6 heterocycles. The van der Waals surface area contributed by atoms with Crippen LogP contribution in [0.4, 0.5) is 28.6 Å². The Balaban J connectivity index is 0.840. The van der Waals surface area contributed by atoms with Crippen LogP contribution in [0.3, 0.4) is 0 Å². The molecule has 1 fully saturated rings. The Morgan fingerprint density at radius 2 is 1.60 bits per heavy atom. The van der Waals surface area contributed by atoms with Crippen LogP contribution in [-0.2, 0) is 25.9 Å². The maximum atomic E-state index is 13.8. The second kappa shape index (κ2) is 17.3. The quantitative estimate of drug-likeness (QED) is 0.0716. The van der Waals surface area contributed by atoms with Crippen molar-refractivity contribution < 1.29 is 33.4 Å². The number of ether oxygens (including phenoxy) is 2. The van der Waals surface area contributed by atoms with Gasteiger partial charge in [0.1, 0.15) is 11.4 Å². The van der Waals surface area contributed by atoms with E-state index in [1.54, 1.807) is 82.7 Å². The normalized spacial score (nSPS) is 14.5. The van der Waals surface area contributed by atoms with E-state index in [-0.39, 0.29) is 59.7 Å². The number of aromatic nitrogens is 5. The zero-order valence-electron chi connectivity index (χ0n) is 37.3. The van der Waals surface area contributed by atoms with Gasteiger partial charge in [0.05, 0.1) is 47.9 Å². The van der Waals surface area contributed by atoms with Crippen LogP contribution in [0, 0.1) is 0 Å². The highest BCUT2D eigenvalue weighted by molar-refractivity contribution is 6.08. The van der Waals surface area contributed by atoms with E-state index in [2.05, 4.69) is 58.6 Å². The Bertz CT molecular complexity index is 2940. The van der Waals surface area contributed by atoms with Crippen molar-refractivity contribution in [2.45, 2.75) is 51.6 Å². The topological polar surface area (TPSA) is 200 Å². The van der Waals surface area contributed by atoms with Crippen LogP contribution < -0.4 is 30.7 Å². The Kier molecular flexibility index (Phi) is 11.7. The van der Waals surface area contributed by atoms with Crippen LogP contribution in [0.2, 0.25) is 0 Å². The molecular weight excluding hydrogens is 831 g/mol. The van der Waals surface area contributed by atoms with Crippen molar-refractivity contribution in [3.8, 4) is 11.5 Å². The molecule has 0 spiro atoms. The molecule has 336 valence electrons. The molecule has 8 rings (SSSR count). The number of aliphatic imine (C=N–C) groups is 1. The number of nitrogens with zero attached hydrogens (tertiary/aromatic N) is 7. The van der Waals surface area contributed by atoms with Gasteiger partial charge in [0.25, 0.3) is 23.6 Å². The second-order valence-corrected chi connectivity index (χ2v) is 17.3. The number of anilines is 4. The third-order valence-electron chi connectivity index (χ3n) is 11.0. The first-order chi connectivity index (χ1) is 31.0. The molecule has 2 aliphatic rings. The second-order valence-electron chi connectivity index (χ2n) is 17.3. The van der Waals surface area contributed by atoms with Gasteiger partial charge in [0, 0.05) is 87.8 Å². The summed E-state index contributed by atoms with van der Waals surface area (Å²) in [5.74, 6) is -0.760. The summed E-state index contributed by atoms with van der Waals surface area (Å²) in [6, 6.07) is 14.0. The molecule has 1 atom stereocenters. The number of carbonyl (C=O) groups is 5. The van der Waals surface area contributed by atoms with Gasteiger partial charge in [-0.15, -0.1) is 0 Å². The fourth-order valence-corrected chi connectivity index (χ4v) is 8.03. The minimum atomic E-state index is -0.560. The summed E-state index contributed by atoms with van der Waals surface area (Å²) in [7, 11) is 6.53. The average molecular weight is 882 g/mol. The van der Waals surface area contributed by atoms with Crippen molar-refractivity contribution in [3.05, 3.63) is 108 Å². The maximum absolute atomic E-state index is 13.8. The van der Waals surface area contributed by atoms with E-state index < -0.39 is 11.8 Å². The van der Waals surface area contributed by atoms with Crippen LogP contribution in [0.25, 0.3) is 10.9 Å². The molecule has 0 saturated carbocycles. The molecule has 2 aromatic carbocycles. The lowest BCUT2D eigenvalue weighted by Crippen LogP contribution is -2.35. The standard InChI is InChI=1S/C47H51N11O7/c1-27-17-30-22-48-34-21-39(38(64-8)20-32(34)45(62)58(30)23-27)65-16-10-13-41(59)51-40-26-56(7)42(52-40)44(61)50-28-18-36(54(5)24-28)43(60)49-29-19-37(55(6)25-29)46(63)57-15-14-31-33(53-47(2,3)4)11-9-12-35(31)57/h9,11-12,14-15,18-22,24-26,30,53H,1,10,13,16-17,23H2,2-8H3,(H,49,60)(H,50,61)(H,51,59)/t30-/m0/s1. The molecule has 0 aliphatic carbocycles. The molecule has 1 saturated heterocycles. The van der Waals surface area contributed by atoms with E-state index in [4.69, 9.17) is 9.47 Å². The van der Waals surface area contributed by atoms with Crippen LogP contribution in [0.1, 0.15) is 82.0 Å². The number of benzene rings is 2. The first kappa shape index (κ1) is 43.7. The first-order valence-corrected chi connectivity index (χ1v) is 21.0. The summed E-state index contributed by atoms with van der Waals surface area (Å²) in [4.78, 5) is 77.4. The van der Waals surface area contributed by atoms with Crippen LogP contribution in [0.5, 0.6) is 11.5 Å². The summed E-state index contributed by atoms with van der Waals surface area (Å²) >= 11 is 0. The zero-order valence-corrected chi connectivity index (χ0v) is 37.3. The van der Waals surface area contributed by atoms with Gasteiger partial charge in [0.15, 0.2) is 17.3 Å². The third-order valence-corrected chi connectivity index (χ3v) is 11.0. The molecule has 6 aromatic rings. The van der Waals surface area contributed by atoms with E-state index >= 15 is 0 Å². The van der Waals surface area contributed by atoms with Crippen LogP contribution in [-0.4, -0.2) is 95.7 Å². The van der Waals surface area contributed by atoms with Gasteiger partial charge in [-0.05, 0) is 70.0 Å². The van der Waals surface area contributed by atoms with Gasteiger partial charge >= 0.3 is 0 Å². The first-order valence-electron chi connectivity index (χ1n) is 21.0. The Morgan fingerprint density at radius 3 is 2.34 bits per heavy atom. The van der Waals surface area contributed by atoms with Gasteiger partial charge in [-0.1, -0.05) is 18.2 Å². The number of aryl methyl sites for hydroxylation is 3. The largest absolute Gasteiger partial charge is 0.493 e. The Labute approximate surface area is 374 Å². The van der Waals surface area contributed by atoms with Gasteiger partial charge in [0.2, 0.25) is 11.7 Å². The van der Waals surface area contributed by atoms with Crippen molar-refractivity contribution in [1.82, 2.24) is 28.2 Å². The highest BCUT2D eigenvalue weighted by Crippen LogP contribution is 2.39. The minimum absolute atomic E-state index is 0.0268. The number of fused-ring (bicyclic) bond motifs is 3.